The average molecular weight is 518 g/mol. The predicted molar refractivity (Wildman–Crippen MR) is 148 cm³/mol. The van der Waals surface area contributed by atoms with Crippen molar-refractivity contribution in [3.05, 3.63) is 71.6 Å². The second-order valence-electron chi connectivity index (χ2n) is 9.47. The summed E-state index contributed by atoms with van der Waals surface area (Å²) in [7, 11) is 1.54. The number of likely N-dealkylation sites (N-methyl/N-ethyl adjacent to an activating group) is 1. The van der Waals surface area contributed by atoms with Crippen molar-refractivity contribution >= 4 is 34.2 Å². The number of nitrogens with one attached hydrogen (secondary N) is 4. The highest BCUT2D eigenvalue weighted by Gasteiger charge is 2.28. The van der Waals surface area contributed by atoms with Gasteiger partial charge in [-0.05, 0) is 43.7 Å². The van der Waals surface area contributed by atoms with E-state index < -0.39 is 11.7 Å². The molecule has 3 aromatic rings. The van der Waals surface area contributed by atoms with Gasteiger partial charge >= 0.3 is 0 Å². The molecule has 198 valence electrons. The highest BCUT2D eigenvalue weighted by atomic mass is 19.1. The molecule has 1 fully saturated rings. The third kappa shape index (κ3) is 5.26. The van der Waals surface area contributed by atoms with E-state index in [9.17, 15) is 4.79 Å². The number of aromatic nitrogens is 2. The van der Waals surface area contributed by atoms with Crippen LogP contribution in [0.3, 0.4) is 0 Å². The van der Waals surface area contributed by atoms with Crippen LogP contribution in [-0.2, 0) is 4.79 Å². The highest BCUT2D eigenvalue weighted by Crippen LogP contribution is 2.32. The first kappa shape index (κ1) is 25.5. The summed E-state index contributed by atoms with van der Waals surface area (Å²) in [4.78, 5) is 27.7. The number of hydrogen-bond donors (Lipinski definition) is 4. The molecule has 9 nitrogen and oxygen atoms in total. The predicted octanol–water partition coefficient (Wildman–Crippen LogP) is 3.86. The Morgan fingerprint density at radius 3 is 2.76 bits per heavy atom. The Balaban J connectivity index is 1.50. The molecule has 2 aliphatic rings. The molecule has 1 saturated heterocycles. The van der Waals surface area contributed by atoms with E-state index in [0.29, 0.717) is 28.9 Å². The molecule has 1 unspecified atom stereocenters. The summed E-state index contributed by atoms with van der Waals surface area (Å²) in [5.74, 6) is 0.0489. The van der Waals surface area contributed by atoms with Crippen molar-refractivity contribution in [2.24, 2.45) is 10.9 Å². The van der Waals surface area contributed by atoms with Crippen LogP contribution < -0.4 is 25.6 Å². The maximum absolute atomic E-state index is 15.4. The van der Waals surface area contributed by atoms with Crippen LogP contribution >= 0.6 is 0 Å². The van der Waals surface area contributed by atoms with Gasteiger partial charge in [0.2, 0.25) is 0 Å². The van der Waals surface area contributed by atoms with E-state index in [0.717, 1.165) is 37.6 Å². The van der Waals surface area contributed by atoms with Crippen LogP contribution in [-0.4, -0.2) is 54.9 Å². The molecule has 4 N–H and O–H groups in total. The third-order valence-electron chi connectivity index (χ3n) is 6.72. The lowest BCUT2D eigenvalue weighted by molar-refractivity contribution is -0.116. The van der Waals surface area contributed by atoms with Crippen molar-refractivity contribution < 1.29 is 13.9 Å². The van der Waals surface area contributed by atoms with E-state index in [-0.39, 0.29) is 23.1 Å². The molecular formula is C28H32FN7O2. The van der Waals surface area contributed by atoms with Gasteiger partial charge in [0, 0.05) is 61.9 Å². The topological polar surface area (TPSA) is 107 Å². The zero-order chi connectivity index (χ0) is 26.6. The van der Waals surface area contributed by atoms with Crippen molar-refractivity contribution in [1.29, 1.82) is 0 Å². The minimum Gasteiger partial charge on any atom is -0.457 e. The number of rotatable bonds is 5. The normalized spacial score (nSPS) is 19.0. The van der Waals surface area contributed by atoms with Crippen LogP contribution in [0, 0.1) is 18.7 Å². The van der Waals surface area contributed by atoms with Crippen LogP contribution in [0.1, 0.15) is 19.0 Å². The number of benzene rings is 1. The first-order valence-electron chi connectivity index (χ1n) is 12.8. The Labute approximate surface area is 220 Å². The van der Waals surface area contributed by atoms with Gasteiger partial charge < -0.3 is 30.6 Å². The molecule has 4 heterocycles. The maximum Gasteiger partial charge on any atom is 0.258 e. The van der Waals surface area contributed by atoms with E-state index >= 15 is 4.39 Å². The van der Waals surface area contributed by atoms with Gasteiger partial charge in [-0.3, -0.25) is 4.79 Å². The number of carbonyl (C=O) groups excluding carboxylic acids is 1. The van der Waals surface area contributed by atoms with Crippen molar-refractivity contribution in [1.82, 2.24) is 20.6 Å². The number of carbonyl (C=O) groups is 1. The fourth-order valence-electron chi connectivity index (χ4n) is 4.69. The smallest absolute Gasteiger partial charge is 0.258 e. The minimum atomic E-state index is -0.489. The number of H-pyrrole nitrogens is 1. The van der Waals surface area contributed by atoms with E-state index in [1.807, 2.05) is 32.1 Å². The lowest BCUT2D eigenvalue weighted by Gasteiger charge is -2.29. The van der Waals surface area contributed by atoms with Crippen LogP contribution in [0.2, 0.25) is 0 Å². The second kappa shape index (κ2) is 11.1. The molecule has 1 aromatic carbocycles. The molecule has 0 spiro atoms. The molecule has 2 aromatic heterocycles. The number of aromatic amines is 1. The number of anilines is 2. The molecule has 10 heteroatoms. The summed E-state index contributed by atoms with van der Waals surface area (Å²) in [6, 6.07) is 8.93. The first-order valence-corrected chi connectivity index (χ1v) is 12.8. The van der Waals surface area contributed by atoms with E-state index in [4.69, 9.17) is 4.74 Å². The molecule has 0 aliphatic carbocycles. The average Bonchev–Trinajstić information content (AvgIpc) is 3.32. The Kier molecular flexibility index (Phi) is 7.41. The summed E-state index contributed by atoms with van der Waals surface area (Å²) in [6.45, 7) is 7.50. The number of amides is 1. The number of aryl methyl sites for hydroxylation is 1. The van der Waals surface area contributed by atoms with Crippen LogP contribution in [0.4, 0.5) is 15.9 Å². The minimum absolute atomic E-state index is 0.0437. The number of hydrogen-bond acceptors (Lipinski definition) is 7. The molecule has 0 saturated carbocycles. The number of amidine groups is 1. The number of aliphatic imine (C=N–C) groups is 1. The zero-order valence-corrected chi connectivity index (χ0v) is 21.8. The lowest BCUT2D eigenvalue weighted by Crippen LogP contribution is -2.43. The van der Waals surface area contributed by atoms with Gasteiger partial charge in [0.1, 0.15) is 23.0 Å². The SMILES string of the molecule is CNC(=O)C1=C(Oc2ccc3[nH]c(C)cc3c2F)C(C)C/C=C/N=C1Nc1ccc(N2CCNCC2)cn1. The van der Waals surface area contributed by atoms with E-state index in [1.54, 1.807) is 37.6 Å². The Morgan fingerprint density at radius 1 is 1.21 bits per heavy atom. The Bertz CT molecular complexity index is 1420. The molecule has 38 heavy (non-hydrogen) atoms. The zero-order valence-electron chi connectivity index (χ0n) is 21.8. The van der Waals surface area contributed by atoms with Gasteiger partial charge in [0.05, 0.1) is 11.9 Å². The number of piperazine rings is 1. The summed E-state index contributed by atoms with van der Waals surface area (Å²) < 4.78 is 21.6. The second-order valence-corrected chi connectivity index (χ2v) is 9.47. The van der Waals surface area contributed by atoms with Crippen molar-refractivity contribution in [3.8, 4) is 5.75 Å². The summed E-state index contributed by atoms with van der Waals surface area (Å²) in [5, 5.41) is 9.64. The van der Waals surface area contributed by atoms with Gasteiger partial charge in [-0.15, -0.1) is 0 Å². The number of nitrogens with zero attached hydrogens (tertiary/aromatic N) is 3. The van der Waals surface area contributed by atoms with Crippen molar-refractivity contribution in [2.75, 3.05) is 43.4 Å². The Morgan fingerprint density at radius 2 is 2.03 bits per heavy atom. The lowest BCUT2D eigenvalue weighted by atomic mass is 9.98. The summed E-state index contributed by atoms with van der Waals surface area (Å²) in [6.07, 6.45) is 5.92. The largest absolute Gasteiger partial charge is 0.457 e. The first-order chi connectivity index (χ1) is 18.4. The van der Waals surface area contributed by atoms with Gasteiger partial charge in [-0.2, -0.15) is 0 Å². The number of allylic oxidation sites excluding steroid dienone is 2. The van der Waals surface area contributed by atoms with Crippen molar-refractivity contribution in [3.63, 3.8) is 0 Å². The molecule has 0 bridgehead atoms. The van der Waals surface area contributed by atoms with Crippen LogP contribution in [0.15, 0.2) is 65.1 Å². The van der Waals surface area contributed by atoms with Gasteiger partial charge in [0.15, 0.2) is 11.6 Å². The van der Waals surface area contributed by atoms with Gasteiger partial charge in [-0.1, -0.05) is 13.0 Å². The van der Waals surface area contributed by atoms with Gasteiger partial charge in [0.25, 0.3) is 5.91 Å². The maximum atomic E-state index is 15.4. The standard InChI is InChI=1S/C28H32FN7O2/c1-17-5-4-10-32-27(35-23-9-6-19(16-33-23)36-13-11-31-12-14-36)24(28(37)30-3)26(17)38-22-8-7-21-20(25(22)29)15-18(2)34-21/h4,6-10,15-17,31,34H,5,11-14H2,1-3H3,(H,30,37)(H,32,33,35)/b10-4+,26-24?. The van der Waals surface area contributed by atoms with E-state index in [1.165, 1.54) is 0 Å². The molecular weight excluding hydrogens is 485 g/mol. The molecule has 2 aliphatic heterocycles. The van der Waals surface area contributed by atoms with Crippen LogP contribution in [0.25, 0.3) is 10.9 Å². The van der Waals surface area contributed by atoms with E-state index in [2.05, 4.69) is 35.8 Å². The fourth-order valence-corrected chi connectivity index (χ4v) is 4.69. The molecule has 5 rings (SSSR count). The fraction of sp³-hybridized carbons (Fsp3) is 0.321. The van der Waals surface area contributed by atoms with Gasteiger partial charge in [-0.25, -0.2) is 14.4 Å². The summed E-state index contributed by atoms with van der Waals surface area (Å²) >= 11 is 0. The highest BCUT2D eigenvalue weighted by molar-refractivity contribution is 6.25. The quantitative estimate of drug-likeness (QED) is 0.410. The number of ether oxygens (including phenoxy) is 1. The summed E-state index contributed by atoms with van der Waals surface area (Å²) in [5.41, 5.74) is 2.75. The monoisotopic (exact) mass is 517 g/mol. The number of fused-ring (bicyclic) bond motifs is 1. The van der Waals surface area contributed by atoms with Crippen molar-refractivity contribution in [2.45, 2.75) is 20.3 Å². The molecule has 1 atom stereocenters. The Hall–Kier alpha value is -4.18. The third-order valence-corrected chi connectivity index (χ3v) is 6.72. The number of pyridine rings is 1. The number of halogens is 1. The van der Waals surface area contributed by atoms with Crippen LogP contribution in [0.5, 0.6) is 5.75 Å². The molecule has 1 amide bonds. The molecule has 0 radical (unpaired) electrons.